The fourth-order valence-electron chi connectivity index (χ4n) is 1.81. The van der Waals surface area contributed by atoms with Crippen LogP contribution in [0.15, 0.2) is 12.1 Å². The Balaban J connectivity index is 3.36. The zero-order valence-electron chi connectivity index (χ0n) is 11.6. The topological polar surface area (TPSA) is 78.6 Å². The third-order valence-corrected chi connectivity index (χ3v) is 2.77. The highest BCUT2D eigenvalue weighted by Gasteiger charge is 2.21. The first-order chi connectivity index (χ1) is 8.88. The zero-order chi connectivity index (χ0) is 14.6. The average Bonchev–Trinajstić information content (AvgIpc) is 2.34. The van der Waals surface area contributed by atoms with E-state index in [9.17, 15) is 9.59 Å². The Morgan fingerprint density at radius 2 is 1.95 bits per heavy atom. The molecule has 104 valence electrons. The molecule has 5 nitrogen and oxygen atoms in total. The third kappa shape index (κ3) is 3.47. The molecule has 1 aromatic rings. The highest BCUT2D eigenvalue weighted by molar-refractivity contribution is 5.95. The van der Waals surface area contributed by atoms with E-state index in [1.807, 2.05) is 26.0 Å². The molecule has 0 aliphatic carbocycles. The SMILES string of the molecule is COC(=O)c1c(C)ccc(C(C)C)c1OCC(N)=O. The van der Waals surface area contributed by atoms with Gasteiger partial charge in [-0.2, -0.15) is 0 Å². The molecule has 0 atom stereocenters. The first-order valence-electron chi connectivity index (χ1n) is 6.01. The molecule has 1 aromatic carbocycles. The normalized spacial score (nSPS) is 10.4. The summed E-state index contributed by atoms with van der Waals surface area (Å²) in [6.45, 7) is 5.46. The van der Waals surface area contributed by atoms with Crippen LogP contribution in [-0.2, 0) is 9.53 Å². The fourth-order valence-corrected chi connectivity index (χ4v) is 1.81. The van der Waals surface area contributed by atoms with Crippen molar-refractivity contribution in [3.8, 4) is 5.75 Å². The van der Waals surface area contributed by atoms with Gasteiger partial charge >= 0.3 is 5.97 Å². The van der Waals surface area contributed by atoms with Crippen molar-refractivity contribution in [2.75, 3.05) is 13.7 Å². The minimum absolute atomic E-state index is 0.145. The van der Waals surface area contributed by atoms with Gasteiger partial charge in [0.25, 0.3) is 5.91 Å². The molecule has 2 N–H and O–H groups in total. The van der Waals surface area contributed by atoms with E-state index >= 15 is 0 Å². The van der Waals surface area contributed by atoms with Crippen LogP contribution in [0.5, 0.6) is 5.75 Å². The first-order valence-corrected chi connectivity index (χ1v) is 6.01. The number of carbonyl (C=O) groups is 2. The number of hydrogen-bond acceptors (Lipinski definition) is 4. The highest BCUT2D eigenvalue weighted by atomic mass is 16.5. The van der Waals surface area contributed by atoms with Crippen LogP contribution in [0.4, 0.5) is 0 Å². The van der Waals surface area contributed by atoms with E-state index < -0.39 is 11.9 Å². The monoisotopic (exact) mass is 265 g/mol. The predicted molar refractivity (Wildman–Crippen MR) is 71.3 cm³/mol. The molecule has 0 fully saturated rings. The van der Waals surface area contributed by atoms with Crippen molar-refractivity contribution < 1.29 is 19.1 Å². The van der Waals surface area contributed by atoms with E-state index in [1.54, 1.807) is 6.92 Å². The Morgan fingerprint density at radius 1 is 1.32 bits per heavy atom. The fraction of sp³-hybridized carbons (Fsp3) is 0.429. The lowest BCUT2D eigenvalue weighted by Crippen LogP contribution is -2.22. The van der Waals surface area contributed by atoms with Gasteiger partial charge in [-0.15, -0.1) is 0 Å². The van der Waals surface area contributed by atoms with Crippen molar-refractivity contribution >= 4 is 11.9 Å². The lowest BCUT2D eigenvalue weighted by Gasteiger charge is -2.18. The summed E-state index contributed by atoms with van der Waals surface area (Å²) in [6.07, 6.45) is 0. The summed E-state index contributed by atoms with van der Waals surface area (Å²) in [6, 6.07) is 3.71. The van der Waals surface area contributed by atoms with Crippen molar-refractivity contribution in [3.63, 3.8) is 0 Å². The van der Waals surface area contributed by atoms with Gasteiger partial charge in [-0.25, -0.2) is 4.79 Å². The summed E-state index contributed by atoms with van der Waals surface area (Å²) in [4.78, 5) is 22.7. The van der Waals surface area contributed by atoms with E-state index in [-0.39, 0.29) is 12.5 Å². The number of carbonyl (C=O) groups excluding carboxylic acids is 2. The van der Waals surface area contributed by atoms with Crippen LogP contribution in [-0.4, -0.2) is 25.6 Å². The Hall–Kier alpha value is -2.04. The molecule has 0 unspecified atom stereocenters. The van der Waals surface area contributed by atoms with Crippen LogP contribution in [0.3, 0.4) is 0 Å². The summed E-state index contributed by atoms with van der Waals surface area (Å²) in [5, 5.41) is 0. The molecular weight excluding hydrogens is 246 g/mol. The quantitative estimate of drug-likeness (QED) is 0.823. The van der Waals surface area contributed by atoms with E-state index in [1.165, 1.54) is 7.11 Å². The van der Waals surface area contributed by atoms with Crippen LogP contribution in [0.25, 0.3) is 0 Å². The number of esters is 1. The number of hydrogen-bond donors (Lipinski definition) is 1. The van der Waals surface area contributed by atoms with Crippen molar-refractivity contribution in [1.82, 2.24) is 0 Å². The molecule has 0 heterocycles. The molecule has 0 spiro atoms. The second-order valence-corrected chi connectivity index (χ2v) is 4.58. The molecule has 0 saturated carbocycles. The molecule has 0 aliphatic rings. The Labute approximate surface area is 112 Å². The number of nitrogens with two attached hydrogens (primary N) is 1. The van der Waals surface area contributed by atoms with Gasteiger partial charge in [-0.05, 0) is 24.0 Å². The summed E-state index contributed by atoms with van der Waals surface area (Å²) < 4.78 is 10.2. The van der Waals surface area contributed by atoms with Gasteiger partial charge in [0.05, 0.1) is 7.11 Å². The second kappa shape index (κ2) is 6.22. The molecule has 0 saturated heterocycles. The molecule has 0 bridgehead atoms. The molecule has 0 aliphatic heterocycles. The van der Waals surface area contributed by atoms with Crippen LogP contribution in [0.2, 0.25) is 0 Å². The van der Waals surface area contributed by atoms with Gasteiger partial charge < -0.3 is 15.2 Å². The van der Waals surface area contributed by atoms with Crippen LogP contribution >= 0.6 is 0 Å². The van der Waals surface area contributed by atoms with Crippen LogP contribution < -0.4 is 10.5 Å². The number of ether oxygens (including phenoxy) is 2. The number of rotatable bonds is 5. The number of methoxy groups -OCH3 is 1. The minimum atomic E-state index is -0.591. The van der Waals surface area contributed by atoms with Gasteiger partial charge in [0.1, 0.15) is 11.3 Å². The number of aryl methyl sites for hydroxylation is 1. The van der Waals surface area contributed by atoms with Crippen molar-refractivity contribution in [2.24, 2.45) is 5.73 Å². The number of primary amides is 1. The van der Waals surface area contributed by atoms with E-state index in [0.29, 0.717) is 11.3 Å². The molecule has 0 aromatic heterocycles. The van der Waals surface area contributed by atoms with Gasteiger partial charge in [0, 0.05) is 0 Å². The van der Waals surface area contributed by atoms with Crippen LogP contribution in [0.1, 0.15) is 41.3 Å². The predicted octanol–water partition coefficient (Wildman–Crippen LogP) is 1.77. The Bertz CT molecular complexity index is 494. The van der Waals surface area contributed by atoms with Gasteiger partial charge in [0.2, 0.25) is 0 Å². The lowest BCUT2D eigenvalue weighted by molar-refractivity contribution is -0.120. The molecule has 0 radical (unpaired) electrons. The summed E-state index contributed by atoms with van der Waals surface area (Å²) in [7, 11) is 1.31. The van der Waals surface area contributed by atoms with E-state index in [4.69, 9.17) is 15.2 Å². The summed E-state index contributed by atoms with van der Waals surface area (Å²) >= 11 is 0. The number of benzene rings is 1. The molecule has 19 heavy (non-hydrogen) atoms. The van der Waals surface area contributed by atoms with Crippen molar-refractivity contribution in [2.45, 2.75) is 26.7 Å². The molecule has 5 heteroatoms. The molecular formula is C14H19NO4. The maximum Gasteiger partial charge on any atom is 0.341 e. The first kappa shape index (κ1) is 15.0. The van der Waals surface area contributed by atoms with Gasteiger partial charge in [0.15, 0.2) is 6.61 Å². The van der Waals surface area contributed by atoms with Crippen molar-refractivity contribution in [1.29, 1.82) is 0 Å². The van der Waals surface area contributed by atoms with Gasteiger partial charge in [-0.3, -0.25) is 4.79 Å². The summed E-state index contributed by atoms with van der Waals surface area (Å²) in [5.74, 6) is -0.556. The lowest BCUT2D eigenvalue weighted by atomic mass is 9.96. The van der Waals surface area contributed by atoms with Crippen molar-refractivity contribution in [3.05, 3.63) is 28.8 Å². The maximum atomic E-state index is 11.9. The number of amides is 1. The summed E-state index contributed by atoms with van der Waals surface area (Å²) in [5.41, 5.74) is 7.00. The largest absolute Gasteiger partial charge is 0.483 e. The van der Waals surface area contributed by atoms with Crippen LogP contribution in [0, 0.1) is 6.92 Å². The van der Waals surface area contributed by atoms with E-state index in [0.717, 1.165) is 11.1 Å². The third-order valence-electron chi connectivity index (χ3n) is 2.77. The smallest absolute Gasteiger partial charge is 0.341 e. The van der Waals surface area contributed by atoms with Gasteiger partial charge in [-0.1, -0.05) is 26.0 Å². The average molecular weight is 265 g/mol. The Kier molecular flexibility index (Phi) is 4.92. The standard InChI is InChI=1S/C14H19NO4/c1-8(2)10-6-5-9(3)12(14(17)18-4)13(10)19-7-11(15)16/h5-6,8H,7H2,1-4H3,(H2,15,16). The molecule has 1 amide bonds. The second-order valence-electron chi connectivity index (χ2n) is 4.58. The zero-order valence-corrected chi connectivity index (χ0v) is 11.6. The highest BCUT2D eigenvalue weighted by Crippen LogP contribution is 2.33. The Morgan fingerprint density at radius 3 is 2.42 bits per heavy atom. The van der Waals surface area contributed by atoms with E-state index in [2.05, 4.69) is 0 Å². The maximum absolute atomic E-state index is 11.9. The molecule has 1 rings (SSSR count). The minimum Gasteiger partial charge on any atom is -0.483 e.